The van der Waals surface area contributed by atoms with Crippen LogP contribution in [0.3, 0.4) is 0 Å². The molecule has 1 aliphatic rings. The number of nitrogens with zero attached hydrogens (tertiary/aromatic N) is 4. The molecule has 0 aromatic carbocycles. The average Bonchev–Trinajstić information content (AvgIpc) is 2.45. The molecule has 4 nitrogen and oxygen atoms in total. The van der Waals surface area contributed by atoms with E-state index in [1.54, 1.807) is 0 Å². The van der Waals surface area contributed by atoms with Crippen LogP contribution < -0.4 is 4.90 Å². The normalized spacial score (nSPS) is 16.8. The first-order valence-corrected chi connectivity index (χ1v) is 8.20. The number of pyridine rings is 1. The Morgan fingerprint density at radius 2 is 1.86 bits per heavy atom. The zero-order chi connectivity index (χ0) is 15.4. The van der Waals surface area contributed by atoms with Crippen LogP contribution in [0.5, 0.6) is 0 Å². The topological polar surface area (TPSA) is 22.6 Å². The van der Waals surface area contributed by atoms with Gasteiger partial charge in [-0.1, -0.05) is 0 Å². The molecule has 0 amide bonds. The van der Waals surface area contributed by atoms with Gasteiger partial charge in [0.2, 0.25) is 0 Å². The van der Waals surface area contributed by atoms with E-state index in [0.29, 0.717) is 5.88 Å². The van der Waals surface area contributed by atoms with Crippen molar-refractivity contribution in [3.8, 4) is 0 Å². The molecule has 1 fully saturated rings. The monoisotopic (exact) mass is 310 g/mol. The summed E-state index contributed by atoms with van der Waals surface area (Å²) in [5.74, 6) is 1.63. The summed E-state index contributed by atoms with van der Waals surface area (Å²) in [7, 11) is 4.25. The molecule has 5 heteroatoms. The number of anilines is 1. The van der Waals surface area contributed by atoms with Gasteiger partial charge in [-0.05, 0) is 39.6 Å². The summed E-state index contributed by atoms with van der Waals surface area (Å²) >= 11 is 6.14. The third-order valence-electron chi connectivity index (χ3n) is 4.12. The van der Waals surface area contributed by atoms with Crippen LogP contribution in [0.1, 0.15) is 16.8 Å². The number of alkyl halides is 1. The van der Waals surface area contributed by atoms with E-state index in [2.05, 4.69) is 48.7 Å². The van der Waals surface area contributed by atoms with Gasteiger partial charge in [-0.3, -0.25) is 4.90 Å². The summed E-state index contributed by atoms with van der Waals surface area (Å²) in [6.07, 6.45) is 0. The van der Waals surface area contributed by atoms with E-state index < -0.39 is 0 Å². The molecule has 0 spiro atoms. The highest BCUT2D eigenvalue weighted by Gasteiger charge is 2.21. The zero-order valence-electron chi connectivity index (χ0n) is 13.7. The van der Waals surface area contributed by atoms with Gasteiger partial charge >= 0.3 is 0 Å². The number of piperazine rings is 1. The van der Waals surface area contributed by atoms with Gasteiger partial charge in [0.25, 0.3) is 0 Å². The van der Waals surface area contributed by atoms with Gasteiger partial charge in [0.1, 0.15) is 5.82 Å². The SMILES string of the molecule is Cc1cc(C)c(CCl)c(N2CCN(CCN(C)C)CC2)n1. The average molecular weight is 311 g/mol. The molecule has 0 bridgehead atoms. The van der Waals surface area contributed by atoms with Crippen molar-refractivity contribution in [2.45, 2.75) is 19.7 Å². The molecule has 2 rings (SSSR count). The highest BCUT2D eigenvalue weighted by molar-refractivity contribution is 6.17. The number of likely N-dealkylation sites (N-methyl/N-ethyl adjacent to an activating group) is 1. The Bertz CT molecular complexity index is 468. The fourth-order valence-electron chi connectivity index (χ4n) is 2.80. The number of hydrogen-bond donors (Lipinski definition) is 0. The zero-order valence-corrected chi connectivity index (χ0v) is 14.4. The number of hydrogen-bond acceptors (Lipinski definition) is 4. The molecule has 1 aromatic heterocycles. The fourth-order valence-corrected chi connectivity index (χ4v) is 3.13. The minimum atomic E-state index is 0.537. The van der Waals surface area contributed by atoms with Gasteiger partial charge in [-0.25, -0.2) is 4.98 Å². The van der Waals surface area contributed by atoms with Crippen molar-refractivity contribution in [2.75, 3.05) is 58.3 Å². The molecule has 21 heavy (non-hydrogen) atoms. The second-order valence-electron chi connectivity index (χ2n) is 6.15. The van der Waals surface area contributed by atoms with Gasteiger partial charge < -0.3 is 9.80 Å². The molecule has 118 valence electrons. The quantitative estimate of drug-likeness (QED) is 0.777. The second-order valence-corrected chi connectivity index (χ2v) is 6.42. The van der Waals surface area contributed by atoms with Gasteiger partial charge in [0.15, 0.2) is 0 Å². The van der Waals surface area contributed by atoms with E-state index >= 15 is 0 Å². The van der Waals surface area contributed by atoms with E-state index in [0.717, 1.165) is 50.8 Å². The molecule has 0 aliphatic carbocycles. The largest absolute Gasteiger partial charge is 0.354 e. The van der Waals surface area contributed by atoms with E-state index in [1.165, 1.54) is 11.1 Å². The molecular formula is C16H27ClN4. The molecule has 1 aromatic rings. The molecular weight excluding hydrogens is 284 g/mol. The summed E-state index contributed by atoms with van der Waals surface area (Å²) in [4.78, 5) is 11.9. The van der Waals surface area contributed by atoms with Crippen LogP contribution in [-0.2, 0) is 5.88 Å². The van der Waals surface area contributed by atoms with Gasteiger partial charge in [-0.2, -0.15) is 0 Å². The summed E-state index contributed by atoms with van der Waals surface area (Å²) in [6.45, 7) is 10.7. The Morgan fingerprint density at radius 1 is 1.19 bits per heavy atom. The maximum atomic E-state index is 6.14. The first-order chi connectivity index (χ1) is 10.0. The lowest BCUT2D eigenvalue weighted by molar-refractivity contribution is 0.229. The summed E-state index contributed by atoms with van der Waals surface area (Å²) < 4.78 is 0. The highest BCUT2D eigenvalue weighted by atomic mass is 35.5. The lowest BCUT2D eigenvalue weighted by Crippen LogP contribution is -2.48. The van der Waals surface area contributed by atoms with Crippen molar-refractivity contribution < 1.29 is 0 Å². The minimum absolute atomic E-state index is 0.537. The number of aryl methyl sites for hydroxylation is 2. The van der Waals surface area contributed by atoms with Crippen molar-refractivity contribution in [1.82, 2.24) is 14.8 Å². The van der Waals surface area contributed by atoms with Crippen LogP contribution in [0.15, 0.2) is 6.07 Å². The van der Waals surface area contributed by atoms with Crippen LogP contribution in [0.4, 0.5) is 5.82 Å². The van der Waals surface area contributed by atoms with Crippen molar-refractivity contribution >= 4 is 17.4 Å². The maximum Gasteiger partial charge on any atom is 0.133 e. The number of aromatic nitrogens is 1. The van der Waals surface area contributed by atoms with Crippen molar-refractivity contribution in [1.29, 1.82) is 0 Å². The maximum absolute atomic E-state index is 6.14. The van der Waals surface area contributed by atoms with Crippen LogP contribution in [-0.4, -0.2) is 68.1 Å². The summed E-state index contributed by atoms with van der Waals surface area (Å²) in [5, 5.41) is 0. The van der Waals surface area contributed by atoms with Crippen molar-refractivity contribution in [3.63, 3.8) is 0 Å². The molecule has 2 heterocycles. The van der Waals surface area contributed by atoms with Crippen molar-refractivity contribution in [2.24, 2.45) is 0 Å². The number of rotatable bonds is 5. The molecule has 0 atom stereocenters. The van der Waals surface area contributed by atoms with Crippen LogP contribution >= 0.6 is 11.6 Å². The Hall–Kier alpha value is -0.840. The van der Waals surface area contributed by atoms with Crippen LogP contribution in [0.2, 0.25) is 0 Å². The molecule has 1 saturated heterocycles. The van der Waals surface area contributed by atoms with E-state index in [1.807, 2.05) is 0 Å². The highest BCUT2D eigenvalue weighted by Crippen LogP contribution is 2.25. The number of halogens is 1. The Labute approximate surface area is 133 Å². The third kappa shape index (κ3) is 4.31. The molecule has 0 unspecified atom stereocenters. The lowest BCUT2D eigenvalue weighted by atomic mass is 10.1. The molecule has 0 N–H and O–H groups in total. The predicted molar refractivity (Wildman–Crippen MR) is 90.5 cm³/mol. The van der Waals surface area contributed by atoms with E-state index in [-0.39, 0.29) is 0 Å². The Kier molecular flexibility index (Phi) is 5.85. The third-order valence-corrected chi connectivity index (χ3v) is 4.39. The molecule has 0 radical (unpaired) electrons. The fraction of sp³-hybridized carbons (Fsp3) is 0.688. The minimum Gasteiger partial charge on any atom is -0.354 e. The first kappa shape index (κ1) is 16.5. The summed E-state index contributed by atoms with van der Waals surface area (Å²) in [6, 6.07) is 2.12. The Balaban J connectivity index is 2.02. The van der Waals surface area contributed by atoms with Crippen LogP contribution in [0, 0.1) is 13.8 Å². The summed E-state index contributed by atoms with van der Waals surface area (Å²) in [5.41, 5.74) is 3.51. The molecule has 1 aliphatic heterocycles. The predicted octanol–water partition coefficient (Wildman–Crippen LogP) is 2.12. The van der Waals surface area contributed by atoms with Crippen molar-refractivity contribution in [3.05, 3.63) is 22.9 Å². The Morgan fingerprint density at radius 3 is 2.43 bits per heavy atom. The standard InChI is InChI=1S/C16H27ClN4/c1-13-11-14(2)18-16(15(13)12-17)21-9-7-20(8-10-21)6-5-19(3)4/h11H,5-10,12H2,1-4H3. The second kappa shape index (κ2) is 7.43. The van der Waals surface area contributed by atoms with Gasteiger partial charge in [0.05, 0.1) is 5.88 Å². The first-order valence-electron chi connectivity index (χ1n) is 7.66. The van der Waals surface area contributed by atoms with E-state index in [9.17, 15) is 0 Å². The smallest absolute Gasteiger partial charge is 0.133 e. The molecule has 0 saturated carbocycles. The lowest BCUT2D eigenvalue weighted by Gasteiger charge is -2.37. The van der Waals surface area contributed by atoms with E-state index in [4.69, 9.17) is 16.6 Å². The van der Waals surface area contributed by atoms with Gasteiger partial charge in [-0.15, -0.1) is 11.6 Å². The van der Waals surface area contributed by atoms with Crippen LogP contribution in [0.25, 0.3) is 0 Å². The van der Waals surface area contributed by atoms with Gasteiger partial charge in [0, 0.05) is 50.5 Å².